The predicted molar refractivity (Wildman–Crippen MR) is 94.2 cm³/mol. The maximum atomic E-state index is 5.79. The Hall–Kier alpha value is -1.58. The molecule has 0 bridgehead atoms. The molecule has 3 nitrogen and oxygen atoms in total. The molecule has 1 fully saturated rings. The Kier molecular flexibility index (Phi) is 5.89. The van der Waals surface area contributed by atoms with E-state index in [9.17, 15) is 0 Å². The topological polar surface area (TPSA) is 22.9 Å². The molecule has 0 atom stereocenters. The van der Waals surface area contributed by atoms with Gasteiger partial charge in [-0.1, -0.05) is 37.3 Å². The van der Waals surface area contributed by atoms with Crippen molar-refractivity contribution < 1.29 is 14.4 Å². The van der Waals surface area contributed by atoms with Crippen molar-refractivity contribution in [2.45, 2.75) is 19.8 Å². The molecule has 2 aromatic rings. The highest BCUT2D eigenvalue weighted by Crippen LogP contribution is 2.20. The molecule has 3 rings (SSSR count). The molecule has 0 radical (unpaired) electrons. The highest BCUT2D eigenvalue weighted by molar-refractivity contribution is 5.83. The third-order valence-electron chi connectivity index (χ3n) is 4.80. The average molecular weight is 314 g/mol. The number of fused-ring (bicyclic) bond motifs is 1. The van der Waals surface area contributed by atoms with Crippen LogP contribution >= 0.6 is 0 Å². The van der Waals surface area contributed by atoms with Crippen LogP contribution in [0.15, 0.2) is 42.5 Å². The SMILES string of the molecule is CC1CC[NH+](CCOCCOc2ccc3ccccc3c2)CC1. The number of quaternary nitrogens is 1. The lowest BCUT2D eigenvalue weighted by molar-refractivity contribution is -0.906. The third-order valence-corrected chi connectivity index (χ3v) is 4.80. The Balaban J connectivity index is 1.31. The van der Waals surface area contributed by atoms with E-state index in [4.69, 9.17) is 9.47 Å². The molecular formula is C20H28NO2+. The summed E-state index contributed by atoms with van der Waals surface area (Å²) in [5, 5.41) is 2.46. The third kappa shape index (κ3) is 4.95. The molecule has 23 heavy (non-hydrogen) atoms. The zero-order chi connectivity index (χ0) is 15.9. The lowest BCUT2D eigenvalue weighted by Crippen LogP contribution is -3.13. The first-order chi connectivity index (χ1) is 11.3. The Morgan fingerprint density at radius 1 is 0.957 bits per heavy atom. The normalized spacial score (nSPS) is 21.4. The van der Waals surface area contributed by atoms with Gasteiger partial charge in [-0.25, -0.2) is 0 Å². The van der Waals surface area contributed by atoms with Crippen molar-refractivity contribution >= 4 is 10.8 Å². The molecule has 0 spiro atoms. The minimum atomic E-state index is 0.616. The van der Waals surface area contributed by atoms with Crippen molar-refractivity contribution in [1.82, 2.24) is 0 Å². The quantitative estimate of drug-likeness (QED) is 0.794. The number of hydrogen-bond donors (Lipinski definition) is 1. The summed E-state index contributed by atoms with van der Waals surface area (Å²) in [4.78, 5) is 1.69. The molecule has 1 saturated heterocycles. The first kappa shape index (κ1) is 16.3. The van der Waals surface area contributed by atoms with E-state index in [1.165, 1.54) is 36.7 Å². The molecule has 2 aromatic carbocycles. The Morgan fingerprint density at radius 3 is 2.57 bits per heavy atom. The number of hydrogen-bond acceptors (Lipinski definition) is 2. The first-order valence-corrected chi connectivity index (χ1v) is 8.84. The van der Waals surface area contributed by atoms with Crippen LogP contribution in [0.4, 0.5) is 0 Å². The van der Waals surface area contributed by atoms with Crippen LogP contribution in [0.5, 0.6) is 5.75 Å². The van der Waals surface area contributed by atoms with Gasteiger partial charge in [-0.3, -0.25) is 0 Å². The number of likely N-dealkylation sites (tertiary alicyclic amines) is 1. The minimum Gasteiger partial charge on any atom is -0.491 e. The van der Waals surface area contributed by atoms with E-state index >= 15 is 0 Å². The van der Waals surface area contributed by atoms with Gasteiger partial charge in [0.15, 0.2) is 0 Å². The Labute approximate surface area is 139 Å². The van der Waals surface area contributed by atoms with E-state index < -0.39 is 0 Å². The monoisotopic (exact) mass is 314 g/mol. The molecule has 0 saturated carbocycles. The molecule has 1 heterocycles. The van der Waals surface area contributed by atoms with Gasteiger partial charge in [0, 0.05) is 0 Å². The second-order valence-electron chi connectivity index (χ2n) is 6.65. The minimum absolute atomic E-state index is 0.616. The van der Waals surface area contributed by atoms with Crippen LogP contribution in [0, 0.1) is 5.92 Å². The van der Waals surface area contributed by atoms with Crippen LogP contribution in [-0.4, -0.2) is 39.5 Å². The van der Waals surface area contributed by atoms with E-state index in [0.717, 1.165) is 24.8 Å². The fourth-order valence-corrected chi connectivity index (χ4v) is 3.21. The molecule has 124 valence electrons. The summed E-state index contributed by atoms with van der Waals surface area (Å²) in [7, 11) is 0. The van der Waals surface area contributed by atoms with Crippen molar-refractivity contribution in [2.24, 2.45) is 5.92 Å². The lowest BCUT2D eigenvalue weighted by Gasteiger charge is -2.27. The van der Waals surface area contributed by atoms with Crippen molar-refractivity contribution in [3.8, 4) is 5.75 Å². The summed E-state index contributed by atoms with van der Waals surface area (Å²) in [6.45, 7) is 8.21. The van der Waals surface area contributed by atoms with E-state index in [1.807, 2.05) is 6.07 Å². The highest BCUT2D eigenvalue weighted by Gasteiger charge is 2.17. The van der Waals surface area contributed by atoms with Crippen LogP contribution in [0.1, 0.15) is 19.8 Å². The Bertz CT molecular complexity index is 605. The standard InChI is InChI=1S/C20H27NO2/c1-17-8-10-21(11-9-17)12-13-22-14-15-23-20-7-6-18-4-2-3-5-19(18)16-20/h2-7,16-17H,8-15H2,1H3/p+1. The second kappa shape index (κ2) is 8.32. The van der Waals surface area contributed by atoms with E-state index in [2.05, 4.69) is 43.3 Å². The van der Waals surface area contributed by atoms with Gasteiger partial charge >= 0.3 is 0 Å². The fraction of sp³-hybridized carbons (Fsp3) is 0.500. The summed E-state index contributed by atoms with van der Waals surface area (Å²) in [6, 6.07) is 14.6. The molecule has 0 aliphatic carbocycles. The van der Waals surface area contributed by atoms with E-state index in [-0.39, 0.29) is 0 Å². The first-order valence-electron chi connectivity index (χ1n) is 8.84. The lowest BCUT2D eigenvalue weighted by atomic mass is 9.99. The van der Waals surface area contributed by atoms with Crippen molar-refractivity contribution in [3.05, 3.63) is 42.5 Å². The van der Waals surface area contributed by atoms with Crippen molar-refractivity contribution in [1.29, 1.82) is 0 Å². The van der Waals surface area contributed by atoms with Crippen LogP contribution in [0.3, 0.4) is 0 Å². The predicted octanol–water partition coefficient (Wildman–Crippen LogP) is 2.55. The van der Waals surface area contributed by atoms with E-state index in [1.54, 1.807) is 4.90 Å². The van der Waals surface area contributed by atoms with Crippen LogP contribution in [0.2, 0.25) is 0 Å². The molecule has 0 aromatic heterocycles. The summed E-state index contributed by atoms with van der Waals surface area (Å²) in [5.74, 6) is 1.83. The van der Waals surface area contributed by atoms with Gasteiger partial charge in [0.25, 0.3) is 0 Å². The van der Waals surface area contributed by atoms with Crippen LogP contribution in [-0.2, 0) is 4.74 Å². The van der Waals surface area contributed by atoms with Gasteiger partial charge in [0.2, 0.25) is 0 Å². The zero-order valence-electron chi connectivity index (χ0n) is 14.1. The number of nitrogens with one attached hydrogen (secondary N) is 1. The molecule has 1 aliphatic heterocycles. The van der Waals surface area contributed by atoms with Gasteiger partial charge < -0.3 is 14.4 Å². The fourth-order valence-electron chi connectivity index (χ4n) is 3.21. The second-order valence-corrected chi connectivity index (χ2v) is 6.65. The van der Waals surface area contributed by atoms with Crippen molar-refractivity contribution in [2.75, 3.05) is 39.5 Å². The number of piperidine rings is 1. The zero-order valence-corrected chi connectivity index (χ0v) is 14.1. The number of rotatable bonds is 7. The van der Waals surface area contributed by atoms with E-state index in [0.29, 0.717) is 13.2 Å². The van der Waals surface area contributed by atoms with Crippen molar-refractivity contribution in [3.63, 3.8) is 0 Å². The summed E-state index contributed by atoms with van der Waals surface area (Å²) in [6.07, 6.45) is 2.72. The van der Waals surface area contributed by atoms with Gasteiger partial charge in [-0.15, -0.1) is 0 Å². The molecule has 1 N–H and O–H groups in total. The maximum absolute atomic E-state index is 5.79. The molecular weight excluding hydrogens is 286 g/mol. The van der Waals surface area contributed by atoms with Crippen LogP contribution < -0.4 is 9.64 Å². The summed E-state index contributed by atoms with van der Waals surface area (Å²) < 4.78 is 11.5. The van der Waals surface area contributed by atoms with Gasteiger partial charge in [0.05, 0.1) is 26.3 Å². The smallest absolute Gasteiger partial charge is 0.120 e. The summed E-state index contributed by atoms with van der Waals surface area (Å²) >= 11 is 0. The van der Waals surface area contributed by atoms with Gasteiger partial charge in [-0.05, 0) is 41.7 Å². The van der Waals surface area contributed by atoms with Gasteiger partial charge in [0.1, 0.15) is 18.9 Å². The summed E-state index contributed by atoms with van der Waals surface area (Å²) in [5.41, 5.74) is 0. The molecule has 0 unspecified atom stereocenters. The number of ether oxygens (including phenoxy) is 2. The molecule has 3 heteroatoms. The largest absolute Gasteiger partial charge is 0.491 e. The maximum Gasteiger partial charge on any atom is 0.120 e. The van der Waals surface area contributed by atoms with Crippen LogP contribution in [0.25, 0.3) is 10.8 Å². The Morgan fingerprint density at radius 2 is 1.74 bits per heavy atom. The molecule has 0 amide bonds. The number of benzene rings is 2. The average Bonchev–Trinajstić information content (AvgIpc) is 2.59. The highest BCUT2D eigenvalue weighted by atomic mass is 16.5. The van der Waals surface area contributed by atoms with Gasteiger partial charge in [-0.2, -0.15) is 0 Å². The molecule has 1 aliphatic rings.